The summed E-state index contributed by atoms with van der Waals surface area (Å²) in [4.78, 5) is 2.32. The molecule has 0 spiro atoms. The van der Waals surface area contributed by atoms with Crippen molar-refractivity contribution < 1.29 is 4.74 Å². The molecule has 2 aromatic rings. The molecule has 130 valence electrons. The number of hydrogen-bond donors (Lipinski definition) is 1. The Bertz CT molecular complexity index is 616. The van der Waals surface area contributed by atoms with Crippen molar-refractivity contribution in [3.63, 3.8) is 0 Å². The van der Waals surface area contributed by atoms with Crippen molar-refractivity contribution >= 4 is 11.6 Å². The SMILES string of the molecule is C[C@H](Cn1cccn1)N[C@@H](c1ccc(Cl)cc1)[C@@H]1CN(C)CCO1. The van der Waals surface area contributed by atoms with Crippen LogP contribution in [0.15, 0.2) is 42.7 Å². The molecule has 1 aromatic carbocycles. The zero-order chi connectivity index (χ0) is 16.9. The van der Waals surface area contributed by atoms with Gasteiger partial charge in [-0.2, -0.15) is 5.10 Å². The van der Waals surface area contributed by atoms with Gasteiger partial charge in [0, 0.05) is 36.5 Å². The van der Waals surface area contributed by atoms with Crippen LogP contribution in [0, 0.1) is 0 Å². The molecule has 0 saturated carbocycles. The number of likely N-dealkylation sites (N-methyl/N-ethyl adjacent to an activating group) is 1. The molecule has 0 bridgehead atoms. The minimum atomic E-state index is 0.116. The molecule has 0 radical (unpaired) electrons. The fourth-order valence-electron chi connectivity index (χ4n) is 3.15. The summed E-state index contributed by atoms with van der Waals surface area (Å²) in [5, 5.41) is 8.77. The van der Waals surface area contributed by atoms with E-state index in [9.17, 15) is 0 Å². The molecule has 2 heterocycles. The van der Waals surface area contributed by atoms with Crippen LogP contribution in [0.5, 0.6) is 0 Å². The molecule has 5 nitrogen and oxygen atoms in total. The maximum absolute atomic E-state index is 6.07. The van der Waals surface area contributed by atoms with Gasteiger partial charge in [-0.25, -0.2) is 0 Å². The van der Waals surface area contributed by atoms with Crippen LogP contribution in [0.1, 0.15) is 18.5 Å². The van der Waals surface area contributed by atoms with E-state index in [1.165, 1.54) is 5.56 Å². The Morgan fingerprint density at radius 2 is 2.17 bits per heavy atom. The molecule has 0 unspecified atom stereocenters. The van der Waals surface area contributed by atoms with Gasteiger partial charge in [0.15, 0.2) is 0 Å². The number of halogens is 1. The lowest BCUT2D eigenvalue weighted by molar-refractivity contribution is -0.0412. The number of nitrogens with one attached hydrogen (secondary N) is 1. The maximum atomic E-state index is 6.07. The second-order valence-electron chi connectivity index (χ2n) is 6.50. The number of morpholine rings is 1. The van der Waals surface area contributed by atoms with Gasteiger partial charge in [-0.3, -0.25) is 4.68 Å². The molecular weight excluding hydrogens is 324 g/mol. The van der Waals surface area contributed by atoms with E-state index < -0.39 is 0 Å². The summed E-state index contributed by atoms with van der Waals surface area (Å²) < 4.78 is 8.02. The zero-order valence-electron chi connectivity index (χ0n) is 14.2. The standard InChI is InChI=1S/C18H25ClN4O/c1-14(12-23-9-3-8-20-23)21-18(15-4-6-16(19)7-5-15)17-13-22(2)10-11-24-17/h3-9,14,17-18,21H,10-13H2,1-2H3/t14-,17+,18+/m1/s1. The summed E-state index contributed by atoms with van der Waals surface area (Å²) in [6.07, 6.45) is 3.91. The van der Waals surface area contributed by atoms with Crippen LogP contribution in [0.3, 0.4) is 0 Å². The minimum absolute atomic E-state index is 0.116. The number of ether oxygens (including phenoxy) is 1. The molecule has 6 heteroatoms. The van der Waals surface area contributed by atoms with E-state index in [0.29, 0.717) is 0 Å². The third-order valence-electron chi connectivity index (χ3n) is 4.38. The topological polar surface area (TPSA) is 42.3 Å². The van der Waals surface area contributed by atoms with Crippen molar-refractivity contribution in [2.45, 2.75) is 31.7 Å². The van der Waals surface area contributed by atoms with Gasteiger partial charge in [0.25, 0.3) is 0 Å². The molecular formula is C18H25ClN4O. The first-order valence-electron chi connectivity index (χ1n) is 8.41. The van der Waals surface area contributed by atoms with Crippen LogP contribution in [0.4, 0.5) is 0 Å². The van der Waals surface area contributed by atoms with Gasteiger partial charge in [-0.1, -0.05) is 23.7 Å². The van der Waals surface area contributed by atoms with E-state index in [0.717, 1.165) is 31.3 Å². The number of aromatic nitrogens is 2. The maximum Gasteiger partial charge on any atom is 0.0896 e. The normalized spacial score (nSPS) is 21.5. The van der Waals surface area contributed by atoms with Gasteiger partial charge < -0.3 is 15.0 Å². The highest BCUT2D eigenvalue weighted by Gasteiger charge is 2.29. The van der Waals surface area contributed by atoms with Gasteiger partial charge in [0.1, 0.15) is 0 Å². The van der Waals surface area contributed by atoms with Crippen molar-refractivity contribution in [2.24, 2.45) is 0 Å². The van der Waals surface area contributed by atoms with Gasteiger partial charge in [-0.15, -0.1) is 0 Å². The largest absolute Gasteiger partial charge is 0.374 e. The van der Waals surface area contributed by atoms with Crippen LogP contribution in [-0.4, -0.2) is 53.6 Å². The molecule has 0 aliphatic carbocycles. The van der Waals surface area contributed by atoms with E-state index in [1.54, 1.807) is 0 Å². The molecule has 0 amide bonds. The lowest BCUT2D eigenvalue weighted by atomic mass is 9.99. The predicted octanol–water partition coefficient (Wildman–Crippen LogP) is 2.59. The first-order valence-corrected chi connectivity index (χ1v) is 8.78. The Labute approximate surface area is 148 Å². The summed E-state index contributed by atoms with van der Waals surface area (Å²) >= 11 is 6.05. The Balaban J connectivity index is 1.74. The number of nitrogens with zero attached hydrogens (tertiary/aromatic N) is 3. The van der Waals surface area contributed by atoms with Gasteiger partial charge in [0.05, 0.1) is 25.3 Å². The van der Waals surface area contributed by atoms with Crippen LogP contribution < -0.4 is 5.32 Å². The average Bonchev–Trinajstić information content (AvgIpc) is 3.06. The Kier molecular flexibility index (Phi) is 5.89. The first-order chi connectivity index (χ1) is 11.6. The van der Waals surface area contributed by atoms with E-state index in [4.69, 9.17) is 16.3 Å². The molecule has 1 aromatic heterocycles. The lowest BCUT2D eigenvalue weighted by Gasteiger charge is -2.37. The molecule has 1 aliphatic heterocycles. The summed E-state index contributed by atoms with van der Waals surface area (Å²) in [6, 6.07) is 10.4. The molecule has 1 N–H and O–H groups in total. The fraction of sp³-hybridized carbons (Fsp3) is 0.500. The average molecular weight is 349 g/mol. The van der Waals surface area contributed by atoms with Gasteiger partial charge >= 0.3 is 0 Å². The second-order valence-corrected chi connectivity index (χ2v) is 6.93. The molecule has 1 aliphatic rings. The third-order valence-corrected chi connectivity index (χ3v) is 4.63. The van der Waals surface area contributed by atoms with Crippen molar-refractivity contribution in [3.8, 4) is 0 Å². The van der Waals surface area contributed by atoms with Crippen LogP contribution >= 0.6 is 11.6 Å². The quantitative estimate of drug-likeness (QED) is 0.871. The summed E-state index contributed by atoms with van der Waals surface area (Å²) in [6.45, 7) is 5.65. The van der Waals surface area contributed by atoms with Crippen molar-refractivity contribution in [1.29, 1.82) is 0 Å². The van der Waals surface area contributed by atoms with E-state index in [1.807, 2.05) is 35.3 Å². The van der Waals surface area contributed by atoms with Crippen molar-refractivity contribution in [1.82, 2.24) is 20.0 Å². The zero-order valence-corrected chi connectivity index (χ0v) is 15.0. The first kappa shape index (κ1) is 17.4. The van der Waals surface area contributed by atoms with Crippen molar-refractivity contribution in [3.05, 3.63) is 53.3 Å². The summed E-state index contributed by atoms with van der Waals surface area (Å²) in [5.41, 5.74) is 1.20. The molecule has 24 heavy (non-hydrogen) atoms. The van der Waals surface area contributed by atoms with E-state index in [-0.39, 0.29) is 18.2 Å². The Hall–Kier alpha value is -1.40. The fourth-order valence-corrected chi connectivity index (χ4v) is 3.28. The van der Waals surface area contributed by atoms with Crippen LogP contribution in [0.25, 0.3) is 0 Å². The monoisotopic (exact) mass is 348 g/mol. The second kappa shape index (κ2) is 8.12. The summed E-state index contributed by atoms with van der Waals surface area (Å²) in [7, 11) is 2.14. The highest BCUT2D eigenvalue weighted by atomic mass is 35.5. The highest BCUT2D eigenvalue weighted by molar-refractivity contribution is 6.30. The number of rotatable bonds is 6. The van der Waals surface area contributed by atoms with E-state index >= 15 is 0 Å². The highest BCUT2D eigenvalue weighted by Crippen LogP contribution is 2.24. The molecule has 3 rings (SSSR count). The number of benzene rings is 1. The van der Waals surface area contributed by atoms with Crippen LogP contribution in [0.2, 0.25) is 5.02 Å². The Morgan fingerprint density at radius 3 is 2.83 bits per heavy atom. The predicted molar refractivity (Wildman–Crippen MR) is 96.3 cm³/mol. The van der Waals surface area contributed by atoms with Crippen LogP contribution in [-0.2, 0) is 11.3 Å². The minimum Gasteiger partial charge on any atom is -0.374 e. The van der Waals surface area contributed by atoms with Gasteiger partial charge in [-0.05, 0) is 37.7 Å². The number of hydrogen-bond acceptors (Lipinski definition) is 4. The smallest absolute Gasteiger partial charge is 0.0896 e. The molecule has 1 fully saturated rings. The lowest BCUT2D eigenvalue weighted by Crippen LogP contribution is -2.49. The van der Waals surface area contributed by atoms with E-state index in [2.05, 4.69) is 41.4 Å². The molecule has 1 saturated heterocycles. The van der Waals surface area contributed by atoms with Crippen molar-refractivity contribution in [2.75, 3.05) is 26.7 Å². The Morgan fingerprint density at radius 1 is 1.38 bits per heavy atom. The third kappa shape index (κ3) is 4.57. The summed E-state index contributed by atoms with van der Waals surface area (Å²) in [5.74, 6) is 0. The van der Waals surface area contributed by atoms with Gasteiger partial charge in [0.2, 0.25) is 0 Å². The molecule has 3 atom stereocenters.